The van der Waals surface area contributed by atoms with Crippen molar-refractivity contribution in [2.24, 2.45) is 0 Å². The summed E-state index contributed by atoms with van der Waals surface area (Å²) in [6, 6.07) is 9.57. The fourth-order valence-corrected chi connectivity index (χ4v) is 8.51. The van der Waals surface area contributed by atoms with Crippen LogP contribution in [0.5, 0.6) is 0 Å². The predicted molar refractivity (Wildman–Crippen MR) is 259 cm³/mol. The second-order valence-corrected chi connectivity index (χ2v) is 21.3. The zero-order chi connectivity index (χ0) is 45.8. The number of nitrogens with zero attached hydrogens (tertiary/aromatic N) is 2. The molecule has 0 unspecified atom stereocenters. The highest BCUT2D eigenvalue weighted by atomic mass is 32.2. The molecule has 0 heterocycles. The van der Waals surface area contributed by atoms with Gasteiger partial charge in [0.05, 0.1) is 76.3 Å². The number of sulfone groups is 1. The predicted octanol–water partition coefficient (Wildman–Crippen LogP) is 14.3. The zero-order valence-electron chi connectivity index (χ0n) is 40.7. The van der Waals surface area contributed by atoms with E-state index in [4.69, 9.17) is 10.2 Å². The molecule has 0 radical (unpaired) electrons. The van der Waals surface area contributed by atoms with Crippen LogP contribution in [-0.2, 0) is 9.84 Å². The summed E-state index contributed by atoms with van der Waals surface area (Å²) in [5, 5.41) is 17.5. The van der Waals surface area contributed by atoms with E-state index >= 15 is 0 Å². The molecular formula is C52H94N2O6S+2. The summed E-state index contributed by atoms with van der Waals surface area (Å²) < 4.78 is 26.8. The fraction of sp³-hybridized carbons (Fsp3) is 0.731. The molecule has 0 atom stereocenters. The molecule has 2 aromatic carbocycles. The average Bonchev–Trinajstić information content (AvgIpc) is 3.21. The molecule has 9 heteroatoms. The third-order valence-electron chi connectivity index (χ3n) is 11.2. The van der Waals surface area contributed by atoms with Crippen LogP contribution in [0.25, 0.3) is 0 Å². The second kappa shape index (κ2) is 35.7. The number of carbonyl (C=O) groups is 2. The number of carboxylic acids is 2. The van der Waals surface area contributed by atoms with Gasteiger partial charge in [0.25, 0.3) is 0 Å². The molecule has 0 amide bonds. The zero-order valence-corrected chi connectivity index (χ0v) is 41.5. The topological polar surface area (TPSA) is 109 Å². The number of hydrogen-bond acceptors (Lipinski definition) is 4. The molecule has 0 aromatic heterocycles. The largest absolute Gasteiger partial charge is 0.478 e. The van der Waals surface area contributed by atoms with Crippen molar-refractivity contribution in [3.05, 3.63) is 59.7 Å². The number of carboxylic acid groups (broad SMARTS) is 2. The summed E-state index contributed by atoms with van der Waals surface area (Å²) in [7, 11) is 9.95. The van der Waals surface area contributed by atoms with E-state index in [0.717, 1.165) is 8.97 Å². The fourth-order valence-electron chi connectivity index (χ4n) is 7.25. The lowest BCUT2D eigenvalue weighted by atomic mass is 10.0. The highest BCUT2D eigenvalue weighted by Crippen LogP contribution is 2.22. The molecular weight excluding hydrogens is 781 g/mol. The standard InChI is InChI=1S/2C19H42N.C14H10O6S/c2*1-5-6-7-8-9-10-11-12-13-14-15-16-17-18-19-20(2,3)4;15-13(16)9-1-5-11(6-2-9)21(19,20)12-7-3-10(4-8-12)14(17)18/h2*5-19H2,1-4H3;1-8H,(H,15,16)(H,17,18)/q2*+1;. The van der Waals surface area contributed by atoms with Crippen LogP contribution in [0.3, 0.4) is 0 Å². The van der Waals surface area contributed by atoms with Crippen LogP contribution in [0.4, 0.5) is 0 Å². The van der Waals surface area contributed by atoms with E-state index in [9.17, 15) is 18.0 Å². The van der Waals surface area contributed by atoms with Crippen LogP contribution in [0.2, 0.25) is 0 Å². The molecule has 0 fully saturated rings. The van der Waals surface area contributed by atoms with E-state index in [1.165, 1.54) is 241 Å². The van der Waals surface area contributed by atoms with Crippen LogP contribution in [0, 0.1) is 0 Å². The first-order valence-corrected chi connectivity index (χ1v) is 26.0. The highest BCUT2D eigenvalue weighted by Gasteiger charge is 2.19. The van der Waals surface area contributed by atoms with Gasteiger partial charge < -0.3 is 19.2 Å². The molecule has 0 saturated heterocycles. The van der Waals surface area contributed by atoms with Crippen molar-refractivity contribution in [2.75, 3.05) is 55.4 Å². The van der Waals surface area contributed by atoms with Crippen molar-refractivity contribution in [2.45, 2.75) is 203 Å². The minimum absolute atomic E-state index is 0.0184. The number of quaternary nitrogens is 2. The normalized spacial score (nSPS) is 11.7. The van der Waals surface area contributed by atoms with Crippen molar-refractivity contribution in [1.29, 1.82) is 0 Å². The maximum Gasteiger partial charge on any atom is 0.335 e. The Morgan fingerprint density at radius 3 is 0.754 bits per heavy atom. The van der Waals surface area contributed by atoms with Gasteiger partial charge in [0.1, 0.15) is 0 Å². The van der Waals surface area contributed by atoms with Crippen LogP contribution in [-0.4, -0.2) is 94.9 Å². The van der Waals surface area contributed by atoms with Gasteiger partial charge in [-0.25, -0.2) is 18.0 Å². The van der Waals surface area contributed by atoms with Crippen LogP contribution >= 0.6 is 0 Å². The molecule has 0 saturated carbocycles. The molecule has 2 N–H and O–H groups in total. The van der Waals surface area contributed by atoms with Crippen LogP contribution in [0.15, 0.2) is 58.3 Å². The summed E-state index contributed by atoms with van der Waals surface area (Å²) >= 11 is 0. The minimum atomic E-state index is -3.81. The van der Waals surface area contributed by atoms with E-state index in [-0.39, 0.29) is 20.9 Å². The molecule has 0 aliphatic heterocycles. The third kappa shape index (κ3) is 34.4. The Morgan fingerprint density at radius 2 is 0.574 bits per heavy atom. The Balaban J connectivity index is 0.000000886. The van der Waals surface area contributed by atoms with Gasteiger partial charge in [0, 0.05) is 0 Å². The van der Waals surface area contributed by atoms with E-state index in [2.05, 4.69) is 56.1 Å². The number of aromatic carboxylic acids is 2. The Morgan fingerprint density at radius 1 is 0.377 bits per heavy atom. The van der Waals surface area contributed by atoms with Crippen molar-refractivity contribution in [3.8, 4) is 0 Å². The summed E-state index contributed by atoms with van der Waals surface area (Å²) in [5.74, 6) is -2.30. The number of benzene rings is 2. The van der Waals surface area contributed by atoms with Gasteiger partial charge >= 0.3 is 11.9 Å². The molecule has 61 heavy (non-hydrogen) atoms. The maximum absolute atomic E-state index is 12.3. The lowest BCUT2D eigenvalue weighted by Crippen LogP contribution is -2.35. The molecule has 0 aliphatic rings. The first-order chi connectivity index (χ1) is 28.9. The summed E-state index contributed by atoms with van der Waals surface area (Å²) in [6.07, 6.45) is 40.7. The van der Waals surface area contributed by atoms with Crippen molar-refractivity contribution < 1.29 is 37.2 Å². The van der Waals surface area contributed by atoms with Crippen LogP contribution in [0.1, 0.15) is 214 Å². The molecule has 2 rings (SSSR count). The Kier molecular flexibility index (Phi) is 34.1. The van der Waals surface area contributed by atoms with Crippen LogP contribution < -0.4 is 0 Å². The highest BCUT2D eigenvalue weighted by molar-refractivity contribution is 7.91. The molecule has 352 valence electrons. The molecule has 0 bridgehead atoms. The van der Waals surface area contributed by atoms with E-state index in [0.29, 0.717) is 0 Å². The van der Waals surface area contributed by atoms with E-state index < -0.39 is 21.8 Å². The SMILES string of the molecule is CCCCCCCCCCCCCCCC[N+](C)(C)C.CCCCCCCCCCCCCCCC[N+](C)(C)C.O=C(O)c1ccc(S(=O)(=O)c2ccc(C(=O)O)cc2)cc1. The van der Waals surface area contributed by atoms with E-state index in [1.54, 1.807) is 0 Å². The third-order valence-corrected chi connectivity index (χ3v) is 13.0. The quantitative estimate of drug-likeness (QED) is 0.0535. The lowest BCUT2D eigenvalue weighted by Gasteiger charge is -2.23. The molecule has 0 spiro atoms. The van der Waals surface area contributed by atoms with Gasteiger partial charge in [-0.15, -0.1) is 0 Å². The Labute approximate surface area is 376 Å². The smallest absolute Gasteiger partial charge is 0.335 e. The maximum atomic E-state index is 12.3. The first-order valence-electron chi connectivity index (χ1n) is 24.5. The second-order valence-electron chi connectivity index (χ2n) is 19.4. The van der Waals surface area contributed by atoms with Crippen molar-refractivity contribution in [3.63, 3.8) is 0 Å². The van der Waals surface area contributed by atoms with E-state index in [1.807, 2.05) is 0 Å². The lowest BCUT2D eigenvalue weighted by molar-refractivity contribution is -0.870. The Bertz CT molecular complexity index is 1360. The number of hydrogen-bond donors (Lipinski definition) is 2. The van der Waals surface area contributed by atoms with Crippen molar-refractivity contribution >= 4 is 21.8 Å². The minimum Gasteiger partial charge on any atom is -0.478 e. The first kappa shape index (κ1) is 58.2. The van der Waals surface area contributed by atoms with Gasteiger partial charge in [-0.1, -0.05) is 168 Å². The molecule has 8 nitrogen and oxygen atoms in total. The monoisotopic (exact) mass is 875 g/mol. The van der Waals surface area contributed by atoms with Gasteiger partial charge in [-0.05, 0) is 74.2 Å². The number of rotatable bonds is 34. The van der Waals surface area contributed by atoms with Gasteiger partial charge in [-0.2, -0.15) is 0 Å². The summed E-state index contributed by atoms with van der Waals surface area (Å²) in [6.45, 7) is 7.25. The number of unbranched alkanes of at least 4 members (excludes halogenated alkanes) is 26. The molecule has 0 aliphatic carbocycles. The van der Waals surface area contributed by atoms with Gasteiger partial charge in [0.2, 0.25) is 9.84 Å². The summed E-state index contributed by atoms with van der Waals surface area (Å²) in [4.78, 5) is 21.3. The summed E-state index contributed by atoms with van der Waals surface area (Å²) in [5.41, 5.74) is -0.0367. The Hall–Kier alpha value is -2.75. The average molecular weight is 875 g/mol. The van der Waals surface area contributed by atoms with Crippen molar-refractivity contribution in [1.82, 2.24) is 0 Å². The van der Waals surface area contributed by atoms with Gasteiger partial charge in [0.15, 0.2) is 0 Å². The van der Waals surface area contributed by atoms with Gasteiger partial charge in [-0.3, -0.25) is 0 Å². The molecule has 2 aromatic rings.